The topological polar surface area (TPSA) is 0 Å². The SMILES string of the molecule is C=C(CC)c1ccc(CC(/C=C\C)=C/C)cc1.CCC. The van der Waals surface area contributed by atoms with E-state index in [9.17, 15) is 0 Å². The first-order chi connectivity index (χ1) is 9.62. The lowest BCUT2D eigenvalue weighted by Gasteiger charge is -2.06. The van der Waals surface area contributed by atoms with Gasteiger partial charge < -0.3 is 0 Å². The summed E-state index contributed by atoms with van der Waals surface area (Å²) in [4.78, 5) is 0. The van der Waals surface area contributed by atoms with E-state index >= 15 is 0 Å². The Morgan fingerprint density at radius 3 is 2.00 bits per heavy atom. The summed E-state index contributed by atoms with van der Waals surface area (Å²) in [6.45, 7) is 14.6. The highest BCUT2D eigenvalue weighted by Gasteiger charge is 1.98. The van der Waals surface area contributed by atoms with Crippen LogP contribution in [0, 0.1) is 0 Å². The van der Waals surface area contributed by atoms with Crippen molar-refractivity contribution in [1.82, 2.24) is 0 Å². The van der Waals surface area contributed by atoms with E-state index in [4.69, 9.17) is 0 Å². The first-order valence-corrected chi connectivity index (χ1v) is 7.67. The molecule has 20 heavy (non-hydrogen) atoms. The molecule has 0 fully saturated rings. The maximum absolute atomic E-state index is 4.06. The minimum Gasteiger partial charge on any atom is -0.0952 e. The zero-order valence-electron chi connectivity index (χ0n) is 13.9. The Morgan fingerprint density at radius 2 is 1.60 bits per heavy atom. The van der Waals surface area contributed by atoms with Crippen LogP contribution in [0.1, 0.15) is 58.6 Å². The van der Waals surface area contributed by atoms with Gasteiger partial charge in [-0.05, 0) is 49.0 Å². The summed E-state index contributed by atoms with van der Waals surface area (Å²) in [5, 5.41) is 0. The van der Waals surface area contributed by atoms with Crippen LogP contribution in [0.2, 0.25) is 0 Å². The van der Waals surface area contributed by atoms with E-state index in [1.807, 2.05) is 0 Å². The van der Waals surface area contributed by atoms with Crippen molar-refractivity contribution in [1.29, 1.82) is 0 Å². The molecule has 0 amide bonds. The molecule has 0 saturated carbocycles. The molecule has 0 spiro atoms. The zero-order valence-corrected chi connectivity index (χ0v) is 13.9. The molecule has 0 radical (unpaired) electrons. The molecule has 1 rings (SSSR count). The van der Waals surface area contributed by atoms with Crippen molar-refractivity contribution in [2.45, 2.75) is 53.9 Å². The quantitative estimate of drug-likeness (QED) is 0.529. The molecule has 0 nitrogen and oxygen atoms in total. The second-order valence-corrected chi connectivity index (χ2v) is 4.90. The molecular formula is C20H30. The maximum Gasteiger partial charge on any atom is -0.00291 e. The van der Waals surface area contributed by atoms with Gasteiger partial charge in [0.2, 0.25) is 0 Å². The summed E-state index contributed by atoms with van der Waals surface area (Å²) in [6.07, 6.45) is 9.68. The number of hydrogen-bond acceptors (Lipinski definition) is 0. The Hall–Kier alpha value is -1.56. The van der Waals surface area contributed by atoms with Crippen molar-refractivity contribution in [3.63, 3.8) is 0 Å². The normalized spacial score (nSPS) is 11.2. The molecule has 0 atom stereocenters. The van der Waals surface area contributed by atoms with Crippen LogP contribution in [0.25, 0.3) is 5.57 Å². The summed E-state index contributed by atoms with van der Waals surface area (Å²) in [6, 6.07) is 8.74. The van der Waals surface area contributed by atoms with E-state index in [0.717, 1.165) is 12.8 Å². The highest BCUT2D eigenvalue weighted by atomic mass is 14.0. The van der Waals surface area contributed by atoms with Crippen LogP contribution in [0.4, 0.5) is 0 Å². The van der Waals surface area contributed by atoms with Crippen LogP contribution in [-0.4, -0.2) is 0 Å². The van der Waals surface area contributed by atoms with E-state index in [1.54, 1.807) is 0 Å². The van der Waals surface area contributed by atoms with Crippen molar-refractivity contribution in [3.8, 4) is 0 Å². The molecule has 0 aliphatic rings. The van der Waals surface area contributed by atoms with Crippen LogP contribution in [0.15, 0.2) is 54.6 Å². The minimum absolute atomic E-state index is 1.000. The molecular weight excluding hydrogens is 240 g/mol. The summed E-state index contributed by atoms with van der Waals surface area (Å²) in [5.41, 5.74) is 5.17. The highest BCUT2D eigenvalue weighted by Crippen LogP contribution is 2.17. The van der Waals surface area contributed by atoms with Crippen molar-refractivity contribution in [2.24, 2.45) is 0 Å². The van der Waals surface area contributed by atoms with Crippen LogP contribution in [-0.2, 0) is 6.42 Å². The second kappa shape index (κ2) is 11.3. The average molecular weight is 270 g/mol. The first kappa shape index (κ1) is 18.4. The molecule has 0 unspecified atom stereocenters. The summed E-state index contributed by atoms with van der Waals surface area (Å²) < 4.78 is 0. The lowest BCUT2D eigenvalue weighted by atomic mass is 10.00. The zero-order chi connectivity index (χ0) is 15.4. The van der Waals surface area contributed by atoms with E-state index in [0.29, 0.717) is 0 Å². The van der Waals surface area contributed by atoms with Gasteiger partial charge in [-0.15, -0.1) is 0 Å². The fourth-order valence-corrected chi connectivity index (χ4v) is 1.77. The van der Waals surface area contributed by atoms with Crippen molar-refractivity contribution in [2.75, 3.05) is 0 Å². The van der Waals surface area contributed by atoms with Gasteiger partial charge in [0.1, 0.15) is 0 Å². The molecule has 0 bridgehead atoms. The smallest absolute Gasteiger partial charge is 0.00291 e. The second-order valence-electron chi connectivity index (χ2n) is 4.90. The summed E-state index contributed by atoms with van der Waals surface area (Å²) in [7, 11) is 0. The standard InChI is InChI=1S/C17H22.C3H8/c1-5-8-15(7-3)13-16-9-11-17(12-10-16)14(4)6-2;1-3-2/h5,7-12H,4,6,13H2,1-3H3;3H2,1-2H3/b8-5-,15-7+;. The number of allylic oxidation sites excluding steroid dienone is 5. The molecule has 0 aromatic heterocycles. The number of benzene rings is 1. The third kappa shape index (κ3) is 7.13. The predicted molar refractivity (Wildman–Crippen MR) is 94.0 cm³/mol. The van der Waals surface area contributed by atoms with Crippen molar-refractivity contribution >= 4 is 5.57 Å². The van der Waals surface area contributed by atoms with Crippen LogP contribution >= 0.6 is 0 Å². The Bertz CT molecular complexity index is 430. The van der Waals surface area contributed by atoms with E-state index in [2.05, 4.69) is 83.7 Å². The average Bonchev–Trinajstić information content (AvgIpc) is 2.47. The Morgan fingerprint density at radius 1 is 1.05 bits per heavy atom. The fraction of sp³-hybridized carbons (Fsp3) is 0.400. The molecule has 0 N–H and O–H groups in total. The third-order valence-electron chi connectivity index (χ3n) is 2.95. The van der Waals surface area contributed by atoms with Gasteiger partial charge >= 0.3 is 0 Å². The van der Waals surface area contributed by atoms with E-state index in [-0.39, 0.29) is 0 Å². The lowest BCUT2D eigenvalue weighted by molar-refractivity contribution is 1.09. The lowest BCUT2D eigenvalue weighted by Crippen LogP contribution is -1.89. The molecule has 0 heteroatoms. The fourth-order valence-electron chi connectivity index (χ4n) is 1.77. The van der Waals surface area contributed by atoms with Gasteiger partial charge in [0.15, 0.2) is 0 Å². The monoisotopic (exact) mass is 270 g/mol. The molecule has 0 aliphatic heterocycles. The molecule has 0 aliphatic carbocycles. The van der Waals surface area contributed by atoms with Crippen molar-refractivity contribution < 1.29 is 0 Å². The minimum atomic E-state index is 1.000. The summed E-state index contributed by atoms with van der Waals surface area (Å²) >= 11 is 0. The van der Waals surface area contributed by atoms with Crippen LogP contribution < -0.4 is 0 Å². The van der Waals surface area contributed by atoms with Gasteiger partial charge in [-0.2, -0.15) is 0 Å². The molecule has 0 saturated heterocycles. The molecule has 1 aromatic carbocycles. The van der Waals surface area contributed by atoms with Crippen LogP contribution in [0.3, 0.4) is 0 Å². The van der Waals surface area contributed by atoms with Gasteiger partial charge in [-0.25, -0.2) is 0 Å². The van der Waals surface area contributed by atoms with Gasteiger partial charge in [0.25, 0.3) is 0 Å². The van der Waals surface area contributed by atoms with Gasteiger partial charge in [0.05, 0.1) is 0 Å². The van der Waals surface area contributed by atoms with Gasteiger partial charge in [-0.1, -0.05) is 76.3 Å². The Labute approximate surface area is 125 Å². The molecule has 0 heterocycles. The number of rotatable bonds is 5. The van der Waals surface area contributed by atoms with Gasteiger partial charge in [-0.3, -0.25) is 0 Å². The Balaban J connectivity index is 0.00000110. The van der Waals surface area contributed by atoms with Crippen LogP contribution in [0.5, 0.6) is 0 Å². The molecule has 110 valence electrons. The van der Waals surface area contributed by atoms with Gasteiger partial charge in [0, 0.05) is 0 Å². The summed E-state index contributed by atoms with van der Waals surface area (Å²) in [5.74, 6) is 0. The predicted octanol–water partition coefficient (Wildman–Crippen LogP) is 6.59. The maximum atomic E-state index is 4.06. The highest BCUT2D eigenvalue weighted by molar-refractivity contribution is 5.63. The first-order valence-electron chi connectivity index (χ1n) is 7.67. The van der Waals surface area contributed by atoms with Crippen molar-refractivity contribution in [3.05, 3.63) is 65.8 Å². The largest absolute Gasteiger partial charge is 0.0952 e. The number of hydrogen-bond donors (Lipinski definition) is 0. The molecule has 1 aromatic rings. The van der Waals surface area contributed by atoms with E-state index in [1.165, 1.54) is 28.7 Å². The third-order valence-corrected chi connectivity index (χ3v) is 2.95. The Kier molecular flexibility index (Phi) is 10.4. The van der Waals surface area contributed by atoms with E-state index < -0.39 is 0 Å².